The zero-order valence-electron chi connectivity index (χ0n) is 12.9. The van der Waals surface area contributed by atoms with Crippen molar-refractivity contribution in [1.29, 1.82) is 0 Å². The molecule has 0 heterocycles. The molecule has 2 rings (SSSR count). The summed E-state index contributed by atoms with van der Waals surface area (Å²) < 4.78 is 5.56. The molecule has 0 saturated carbocycles. The second-order valence-corrected chi connectivity index (χ2v) is 6.28. The highest BCUT2D eigenvalue weighted by molar-refractivity contribution is 7.99. The number of hydrogen-bond acceptors (Lipinski definition) is 3. The van der Waals surface area contributed by atoms with Gasteiger partial charge in [-0.2, -0.15) is 0 Å². The first-order valence-electron chi connectivity index (χ1n) is 7.38. The largest absolute Gasteiger partial charge is 0.491 e. The molecule has 0 unspecified atom stereocenters. The molecular weight excluding hydrogens is 294 g/mol. The van der Waals surface area contributed by atoms with Crippen molar-refractivity contribution in [1.82, 2.24) is 5.32 Å². The Hall–Kier alpha value is -1.94. The Morgan fingerprint density at radius 1 is 1.09 bits per heavy atom. The number of benzene rings is 2. The van der Waals surface area contributed by atoms with Gasteiger partial charge in [-0.25, -0.2) is 0 Å². The molecule has 0 radical (unpaired) electrons. The molecule has 0 atom stereocenters. The van der Waals surface area contributed by atoms with Gasteiger partial charge in [0.1, 0.15) is 5.75 Å². The maximum absolute atomic E-state index is 12.0. The van der Waals surface area contributed by atoms with E-state index in [-0.39, 0.29) is 12.0 Å². The van der Waals surface area contributed by atoms with Crippen LogP contribution in [-0.4, -0.2) is 24.3 Å². The summed E-state index contributed by atoms with van der Waals surface area (Å²) in [4.78, 5) is 13.2. The molecule has 0 aliphatic carbocycles. The van der Waals surface area contributed by atoms with Gasteiger partial charge in [0.2, 0.25) is 0 Å². The molecule has 0 fully saturated rings. The van der Waals surface area contributed by atoms with E-state index in [2.05, 4.69) is 17.4 Å². The predicted molar refractivity (Wildman–Crippen MR) is 91.7 cm³/mol. The number of hydrogen-bond donors (Lipinski definition) is 1. The number of thioether (sulfide) groups is 1. The molecule has 116 valence electrons. The van der Waals surface area contributed by atoms with Crippen LogP contribution in [0.15, 0.2) is 59.5 Å². The van der Waals surface area contributed by atoms with Crippen molar-refractivity contribution in [3.63, 3.8) is 0 Å². The summed E-state index contributed by atoms with van der Waals surface area (Å²) in [6, 6.07) is 17.4. The van der Waals surface area contributed by atoms with Gasteiger partial charge in [0, 0.05) is 22.8 Å². The third-order valence-electron chi connectivity index (χ3n) is 2.89. The fraction of sp³-hybridized carbons (Fsp3) is 0.278. The number of nitrogens with one attached hydrogen (secondary N) is 1. The summed E-state index contributed by atoms with van der Waals surface area (Å²) in [5.74, 6) is 1.58. The van der Waals surface area contributed by atoms with E-state index in [4.69, 9.17) is 4.74 Å². The van der Waals surface area contributed by atoms with Crippen molar-refractivity contribution < 1.29 is 9.53 Å². The van der Waals surface area contributed by atoms with Crippen LogP contribution in [0.5, 0.6) is 5.75 Å². The highest BCUT2D eigenvalue weighted by Gasteiger charge is 2.05. The van der Waals surface area contributed by atoms with Crippen LogP contribution in [0.4, 0.5) is 0 Å². The Labute approximate surface area is 136 Å². The smallest absolute Gasteiger partial charge is 0.251 e. The minimum atomic E-state index is -0.0511. The van der Waals surface area contributed by atoms with Crippen LogP contribution in [-0.2, 0) is 0 Å². The molecule has 2 aromatic carbocycles. The SMILES string of the molecule is CC(C)Oc1ccc(C(=O)NCCSc2ccccc2)cc1. The van der Waals surface area contributed by atoms with Crippen LogP contribution in [0.25, 0.3) is 0 Å². The van der Waals surface area contributed by atoms with Gasteiger partial charge in [0.25, 0.3) is 5.91 Å². The van der Waals surface area contributed by atoms with Gasteiger partial charge in [0.05, 0.1) is 6.10 Å². The van der Waals surface area contributed by atoms with Gasteiger partial charge < -0.3 is 10.1 Å². The van der Waals surface area contributed by atoms with Gasteiger partial charge in [-0.1, -0.05) is 18.2 Å². The molecule has 0 aliphatic heterocycles. The molecule has 0 saturated heterocycles. The van der Waals surface area contributed by atoms with Crippen molar-refractivity contribution in [2.45, 2.75) is 24.8 Å². The fourth-order valence-corrected chi connectivity index (χ4v) is 2.70. The standard InChI is InChI=1S/C18H21NO2S/c1-14(2)21-16-10-8-15(9-11-16)18(20)19-12-13-22-17-6-4-3-5-7-17/h3-11,14H,12-13H2,1-2H3,(H,19,20). The van der Waals surface area contributed by atoms with Crippen molar-refractivity contribution >= 4 is 17.7 Å². The van der Waals surface area contributed by atoms with Gasteiger partial charge in [-0.15, -0.1) is 11.8 Å². The van der Waals surface area contributed by atoms with Crippen LogP contribution in [0.3, 0.4) is 0 Å². The summed E-state index contributed by atoms with van der Waals surface area (Å²) >= 11 is 1.73. The molecule has 3 nitrogen and oxygen atoms in total. The molecule has 1 amide bonds. The lowest BCUT2D eigenvalue weighted by Crippen LogP contribution is -2.25. The number of amides is 1. The van der Waals surface area contributed by atoms with Gasteiger partial charge in [0.15, 0.2) is 0 Å². The zero-order valence-corrected chi connectivity index (χ0v) is 13.7. The fourth-order valence-electron chi connectivity index (χ4n) is 1.91. The van der Waals surface area contributed by atoms with Crippen LogP contribution >= 0.6 is 11.8 Å². The lowest BCUT2D eigenvalue weighted by atomic mass is 10.2. The Balaban J connectivity index is 1.75. The van der Waals surface area contributed by atoms with Crippen molar-refractivity contribution in [2.24, 2.45) is 0 Å². The quantitative estimate of drug-likeness (QED) is 0.620. The third-order valence-corrected chi connectivity index (χ3v) is 3.90. The average molecular weight is 315 g/mol. The highest BCUT2D eigenvalue weighted by atomic mass is 32.2. The van der Waals surface area contributed by atoms with Crippen molar-refractivity contribution in [2.75, 3.05) is 12.3 Å². The first-order chi connectivity index (χ1) is 10.6. The number of rotatable bonds is 7. The zero-order chi connectivity index (χ0) is 15.8. The molecule has 22 heavy (non-hydrogen) atoms. The van der Waals surface area contributed by atoms with Gasteiger partial charge >= 0.3 is 0 Å². The highest BCUT2D eigenvalue weighted by Crippen LogP contribution is 2.16. The van der Waals surface area contributed by atoms with Gasteiger partial charge in [-0.3, -0.25) is 4.79 Å². The molecular formula is C18H21NO2S. The molecule has 0 bridgehead atoms. The lowest BCUT2D eigenvalue weighted by molar-refractivity contribution is 0.0956. The maximum Gasteiger partial charge on any atom is 0.251 e. The van der Waals surface area contributed by atoms with E-state index in [1.54, 1.807) is 23.9 Å². The monoisotopic (exact) mass is 315 g/mol. The molecule has 0 aromatic heterocycles. The number of ether oxygens (including phenoxy) is 1. The minimum absolute atomic E-state index is 0.0511. The summed E-state index contributed by atoms with van der Waals surface area (Å²) in [5, 5.41) is 2.93. The summed E-state index contributed by atoms with van der Waals surface area (Å²) in [5.41, 5.74) is 0.654. The second-order valence-electron chi connectivity index (χ2n) is 5.11. The van der Waals surface area contributed by atoms with E-state index in [0.29, 0.717) is 12.1 Å². The average Bonchev–Trinajstić information content (AvgIpc) is 2.52. The maximum atomic E-state index is 12.0. The first-order valence-corrected chi connectivity index (χ1v) is 8.36. The van der Waals surface area contributed by atoms with Crippen LogP contribution in [0.1, 0.15) is 24.2 Å². The Kier molecular flexibility index (Phi) is 6.34. The molecule has 1 N–H and O–H groups in total. The minimum Gasteiger partial charge on any atom is -0.491 e. The molecule has 0 spiro atoms. The lowest BCUT2D eigenvalue weighted by Gasteiger charge is -2.10. The summed E-state index contributed by atoms with van der Waals surface area (Å²) in [6.45, 7) is 4.60. The van der Waals surface area contributed by atoms with Crippen LogP contribution < -0.4 is 10.1 Å². The van der Waals surface area contributed by atoms with Crippen LogP contribution in [0, 0.1) is 0 Å². The first kappa shape index (κ1) is 16.4. The number of carbonyl (C=O) groups is 1. The Morgan fingerprint density at radius 2 is 1.77 bits per heavy atom. The van der Waals surface area contributed by atoms with E-state index in [9.17, 15) is 4.79 Å². The summed E-state index contributed by atoms with van der Waals surface area (Å²) in [7, 11) is 0. The topological polar surface area (TPSA) is 38.3 Å². The number of carbonyl (C=O) groups excluding carboxylic acids is 1. The second kappa shape index (κ2) is 8.49. The van der Waals surface area contributed by atoms with Gasteiger partial charge in [-0.05, 0) is 50.2 Å². The van der Waals surface area contributed by atoms with E-state index in [0.717, 1.165) is 11.5 Å². The molecule has 2 aromatic rings. The van der Waals surface area contributed by atoms with Crippen LogP contribution in [0.2, 0.25) is 0 Å². The Morgan fingerprint density at radius 3 is 2.41 bits per heavy atom. The molecule has 4 heteroatoms. The van der Waals surface area contributed by atoms with Crippen molar-refractivity contribution in [3.05, 3.63) is 60.2 Å². The normalized spacial score (nSPS) is 10.5. The predicted octanol–water partition coefficient (Wildman–Crippen LogP) is 4.00. The molecule has 0 aliphatic rings. The summed E-state index contributed by atoms with van der Waals surface area (Å²) in [6.07, 6.45) is 0.134. The van der Waals surface area contributed by atoms with E-state index >= 15 is 0 Å². The Bertz CT molecular complexity index is 582. The van der Waals surface area contributed by atoms with Crippen molar-refractivity contribution in [3.8, 4) is 5.75 Å². The van der Waals surface area contributed by atoms with E-state index in [1.165, 1.54) is 4.90 Å². The third kappa shape index (κ3) is 5.45. The van der Waals surface area contributed by atoms with E-state index in [1.807, 2.05) is 44.2 Å². The van der Waals surface area contributed by atoms with E-state index < -0.39 is 0 Å².